The van der Waals surface area contributed by atoms with Crippen LogP contribution in [0.5, 0.6) is 5.75 Å². The number of unbranched alkanes of at least 4 members (excludes halogenated alkanes) is 1. The van der Waals surface area contributed by atoms with Gasteiger partial charge in [-0.25, -0.2) is 0 Å². The lowest BCUT2D eigenvalue weighted by Gasteiger charge is -2.07. The van der Waals surface area contributed by atoms with Gasteiger partial charge in [0, 0.05) is 6.42 Å². The van der Waals surface area contributed by atoms with E-state index in [2.05, 4.69) is 19.9 Å². The number of ketones is 1. The number of rotatable bonds is 6. The highest BCUT2D eigenvalue weighted by atomic mass is 16.5. The maximum atomic E-state index is 10.7. The molecule has 16 heavy (non-hydrogen) atoms. The molecule has 1 rings (SSSR count). The number of Topliss-reactive ketones (excluding diaryl/α,β-unsaturated/α-hetero) is 1. The zero-order valence-corrected chi connectivity index (χ0v) is 10.4. The van der Waals surface area contributed by atoms with E-state index in [0.717, 1.165) is 18.6 Å². The topological polar surface area (TPSA) is 26.3 Å². The van der Waals surface area contributed by atoms with Crippen LogP contribution in [-0.2, 0) is 4.79 Å². The first-order valence-electron chi connectivity index (χ1n) is 5.78. The molecule has 0 aliphatic rings. The summed E-state index contributed by atoms with van der Waals surface area (Å²) >= 11 is 0. The summed E-state index contributed by atoms with van der Waals surface area (Å²) in [5.41, 5.74) is 2.44. The Balaban J connectivity index is 2.29. The minimum atomic E-state index is 0.256. The summed E-state index contributed by atoms with van der Waals surface area (Å²) in [6, 6.07) is 6.21. The van der Waals surface area contributed by atoms with Crippen molar-refractivity contribution in [3.63, 3.8) is 0 Å². The third-order valence-corrected chi connectivity index (χ3v) is 2.39. The maximum absolute atomic E-state index is 10.7. The molecule has 2 heteroatoms. The van der Waals surface area contributed by atoms with E-state index >= 15 is 0 Å². The third-order valence-electron chi connectivity index (χ3n) is 2.39. The largest absolute Gasteiger partial charge is 0.494 e. The van der Waals surface area contributed by atoms with Crippen LogP contribution in [0.2, 0.25) is 0 Å². The van der Waals surface area contributed by atoms with Gasteiger partial charge >= 0.3 is 0 Å². The van der Waals surface area contributed by atoms with E-state index in [4.69, 9.17) is 4.74 Å². The highest BCUT2D eigenvalue weighted by Crippen LogP contribution is 2.16. The fourth-order valence-electron chi connectivity index (χ4n) is 1.68. The molecule has 0 saturated heterocycles. The molecule has 0 N–H and O–H groups in total. The van der Waals surface area contributed by atoms with Crippen molar-refractivity contribution in [3.05, 3.63) is 29.3 Å². The SMILES string of the molecule is CC(=O)CCCCOc1cc(C)cc(C)c1. The first kappa shape index (κ1) is 12.8. The van der Waals surface area contributed by atoms with Crippen LogP contribution >= 0.6 is 0 Å². The van der Waals surface area contributed by atoms with Gasteiger partial charge in [0.25, 0.3) is 0 Å². The minimum absolute atomic E-state index is 0.256. The number of ether oxygens (including phenoxy) is 1. The predicted molar refractivity (Wildman–Crippen MR) is 65.9 cm³/mol. The van der Waals surface area contributed by atoms with Crippen molar-refractivity contribution in [2.75, 3.05) is 6.61 Å². The average Bonchev–Trinajstić information content (AvgIpc) is 2.15. The quantitative estimate of drug-likeness (QED) is 0.686. The van der Waals surface area contributed by atoms with Crippen molar-refractivity contribution in [2.45, 2.75) is 40.0 Å². The third kappa shape index (κ3) is 4.96. The van der Waals surface area contributed by atoms with E-state index in [1.807, 2.05) is 12.1 Å². The number of hydrogen-bond acceptors (Lipinski definition) is 2. The summed E-state index contributed by atoms with van der Waals surface area (Å²) in [5.74, 6) is 1.19. The molecule has 0 bridgehead atoms. The summed E-state index contributed by atoms with van der Waals surface area (Å²) in [7, 11) is 0. The molecular formula is C14H20O2. The number of aryl methyl sites for hydroxylation is 2. The number of carbonyl (C=O) groups is 1. The Labute approximate surface area is 97.6 Å². The molecule has 0 radical (unpaired) electrons. The van der Waals surface area contributed by atoms with E-state index in [1.54, 1.807) is 6.92 Å². The molecule has 1 aromatic rings. The molecule has 0 atom stereocenters. The van der Waals surface area contributed by atoms with Gasteiger partial charge in [0.2, 0.25) is 0 Å². The fourth-order valence-corrected chi connectivity index (χ4v) is 1.68. The first-order chi connectivity index (χ1) is 7.58. The van der Waals surface area contributed by atoms with Crippen LogP contribution < -0.4 is 4.74 Å². The molecule has 0 heterocycles. The molecule has 0 spiro atoms. The van der Waals surface area contributed by atoms with Crippen molar-refractivity contribution >= 4 is 5.78 Å². The lowest BCUT2D eigenvalue weighted by molar-refractivity contribution is -0.117. The van der Waals surface area contributed by atoms with Gasteiger partial charge in [-0.15, -0.1) is 0 Å². The second-order valence-corrected chi connectivity index (χ2v) is 4.33. The summed E-state index contributed by atoms with van der Waals surface area (Å²) < 4.78 is 5.64. The highest BCUT2D eigenvalue weighted by molar-refractivity contribution is 5.75. The Kier molecular flexibility index (Phi) is 5.03. The number of hydrogen-bond donors (Lipinski definition) is 0. The van der Waals surface area contributed by atoms with E-state index in [1.165, 1.54) is 11.1 Å². The first-order valence-corrected chi connectivity index (χ1v) is 5.78. The Bertz CT molecular complexity index is 336. The monoisotopic (exact) mass is 220 g/mol. The molecule has 0 amide bonds. The molecule has 2 nitrogen and oxygen atoms in total. The predicted octanol–water partition coefficient (Wildman–Crippen LogP) is 3.44. The molecule has 88 valence electrons. The van der Waals surface area contributed by atoms with Crippen LogP contribution in [0.4, 0.5) is 0 Å². The Morgan fingerprint density at radius 1 is 1.12 bits per heavy atom. The van der Waals surface area contributed by atoms with Gasteiger partial charge in [-0.1, -0.05) is 6.07 Å². The lowest BCUT2D eigenvalue weighted by atomic mass is 10.1. The Hall–Kier alpha value is -1.31. The van der Waals surface area contributed by atoms with Crippen molar-refractivity contribution in [2.24, 2.45) is 0 Å². The lowest BCUT2D eigenvalue weighted by Crippen LogP contribution is -1.99. The van der Waals surface area contributed by atoms with Crippen molar-refractivity contribution in [1.29, 1.82) is 0 Å². The van der Waals surface area contributed by atoms with Gasteiger partial charge in [0.15, 0.2) is 0 Å². The molecule has 0 aromatic heterocycles. The average molecular weight is 220 g/mol. The minimum Gasteiger partial charge on any atom is -0.494 e. The van der Waals surface area contributed by atoms with Crippen molar-refractivity contribution < 1.29 is 9.53 Å². The summed E-state index contributed by atoms with van der Waals surface area (Å²) in [5, 5.41) is 0. The van der Waals surface area contributed by atoms with Crippen LogP contribution in [0.15, 0.2) is 18.2 Å². The molecule has 0 aliphatic carbocycles. The normalized spacial score (nSPS) is 10.2. The van der Waals surface area contributed by atoms with Crippen LogP contribution in [0.25, 0.3) is 0 Å². The smallest absolute Gasteiger partial charge is 0.129 e. The molecule has 0 unspecified atom stereocenters. The van der Waals surface area contributed by atoms with Crippen LogP contribution in [0, 0.1) is 13.8 Å². The molecular weight excluding hydrogens is 200 g/mol. The fraction of sp³-hybridized carbons (Fsp3) is 0.500. The van der Waals surface area contributed by atoms with E-state index in [-0.39, 0.29) is 5.78 Å². The second kappa shape index (κ2) is 6.31. The molecule has 1 aromatic carbocycles. The summed E-state index contributed by atoms with van der Waals surface area (Å²) in [6.45, 7) is 6.45. The van der Waals surface area contributed by atoms with Gasteiger partial charge in [-0.05, 0) is 56.9 Å². The van der Waals surface area contributed by atoms with E-state index in [0.29, 0.717) is 13.0 Å². The molecule has 0 saturated carbocycles. The van der Waals surface area contributed by atoms with Gasteiger partial charge in [-0.2, -0.15) is 0 Å². The maximum Gasteiger partial charge on any atom is 0.129 e. The van der Waals surface area contributed by atoms with Gasteiger partial charge in [0.05, 0.1) is 6.61 Å². The van der Waals surface area contributed by atoms with Crippen LogP contribution in [-0.4, -0.2) is 12.4 Å². The summed E-state index contributed by atoms with van der Waals surface area (Å²) in [6.07, 6.45) is 2.52. The van der Waals surface area contributed by atoms with Crippen molar-refractivity contribution in [1.82, 2.24) is 0 Å². The van der Waals surface area contributed by atoms with E-state index in [9.17, 15) is 4.79 Å². The summed E-state index contributed by atoms with van der Waals surface area (Å²) in [4.78, 5) is 10.7. The van der Waals surface area contributed by atoms with Gasteiger partial charge in [-0.3, -0.25) is 0 Å². The zero-order valence-electron chi connectivity index (χ0n) is 10.4. The highest BCUT2D eigenvalue weighted by Gasteiger charge is 1.98. The second-order valence-electron chi connectivity index (χ2n) is 4.33. The zero-order chi connectivity index (χ0) is 12.0. The van der Waals surface area contributed by atoms with Gasteiger partial charge < -0.3 is 9.53 Å². The van der Waals surface area contributed by atoms with Crippen LogP contribution in [0.1, 0.15) is 37.3 Å². The van der Waals surface area contributed by atoms with Crippen molar-refractivity contribution in [3.8, 4) is 5.75 Å². The Morgan fingerprint density at radius 3 is 2.31 bits per heavy atom. The number of benzene rings is 1. The van der Waals surface area contributed by atoms with Gasteiger partial charge in [0.1, 0.15) is 11.5 Å². The molecule has 0 aliphatic heterocycles. The Morgan fingerprint density at radius 2 is 1.75 bits per heavy atom. The molecule has 0 fully saturated rings. The van der Waals surface area contributed by atoms with E-state index < -0.39 is 0 Å². The van der Waals surface area contributed by atoms with Crippen LogP contribution in [0.3, 0.4) is 0 Å². The standard InChI is InChI=1S/C14H20O2/c1-11-8-12(2)10-14(9-11)16-7-5-4-6-13(3)15/h8-10H,4-7H2,1-3H3. The number of carbonyl (C=O) groups excluding carboxylic acids is 1.